The SMILES string of the molecule is CC1C(=O)c2[nH]ncc2C(c2cncnc2)N1S(=O)(=O)c1ccc(C(F)(F)F)cc1. The molecule has 1 N–H and O–H groups in total. The molecule has 156 valence electrons. The summed E-state index contributed by atoms with van der Waals surface area (Å²) in [5, 5.41) is 6.45. The highest BCUT2D eigenvalue weighted by molar-refractivity contribution is 7.89. The smallest absolute Gasteiger partial charge is 0.291 e. The zero-order chi connectivity index (χ0) is 21.7. The second-order valence-electron chi connectivity index (χ2n) is 6.67. The Hall–Kier alpha value is -3.12. The van der Waals surface area contributed by atoms with E-state index in [1.54, 1.807) is 0 Å². The van der Waals surface area contributed by atoms with Crippen LogP contribution in [0.4, 0.5) is 13.2 Å². The van der Waals surface area contributed by atoms with Gasteiger partial charge in [-0.15, -0.1) is 0 Å². The molecule has 8 nitrogen and oxygen atoms in total. The van der Waals surface area contributed by atoms with Crippen molar-refractivity contribution in [2.24, 2.45) is 0 Å². The van der Waals surface area contributed by atoms with E-state index in [9.17, 15) is 26.4 Å². The van der Waals surface area contributed by atoms with Crippen LogP contribution in [0.3, 0.4) is 0 Å². The van der Waals surface area contributed by atoms with Crippen LogP contribution in [0.2, 0.25) is 0 Å². The molecule has 0 spiro atoms. The van der Waals surface area contributed by atoms with E-state index in [1.165, 1.54) is 31.8 Å². The van der Waals surface area contributed by atoms with Crippen LogP contribution in [0.5, 0.6) is 0 Å². The summed E-state index contributed by atoms with van der Waals surface area (Å²) in [5.74, 6) is -0.508. The summed E-state index contributed by atoms with van der Waals surface area (Å²) in [6.45, 7) is 1.41. The highest BCUT2D eigenvalue weighted by atomic mass is 32.2. The van der Waals surface area contributed by atoms with Gasteiger partial charge in [0.1, 0.15) is 12.0 Å². The molecular formula is C18H14F3N5O3S. The Bertz CT molecular complexity index is 1190. The molecule has 30 heavy (non-hydrogen) atoms. The molecule has 2 atom stereocenters. The first-order valence-electron chi connectivity index (χ1n) is 8.65. The second-order valence-corrected chi connectivity index (χ2v) is 8.52. The van der Waals surface area contributed by atoms with E-state index in [0.29, 0.717) is 23.3 Å². The van der Waals surface area contributed by atoms with Gasteiger partial charge in [0.15, 0.2) is 5.78 Å². The molecule has 3 aromatic rings. The first-order valence-corrected chi connectivity index (χ1v) is 10.1. The average Bonchev–Trinajstić information content (AvgIpc) is 3.20. The zero-order valence-electron chi connectivity index (χ0n) is 15.3. The molecule has 1 aromatic carbocycles. The number of rotatable bonds is 3. The molecule has 1 aliphatic heterocycles. The lowest BCUT2D eigenvalue weighted by atomic mass is 9.92. The molecule has 1 aliphatic rings. The fraction of sp³-hybridized carbons (Fsp3) is 0.222. The maximum Gasteiger partial charge on any atom is 0.416 e. The minimum Gasteiger partial charge on any atom is -0.291 e. The third-order valence-electron chi connectivity index (χ3n) is 4.88. The first-order chi connectivity index (χ1) is 14.1. The van der Waals surface area contributed by atoms with Gasteiger partial charge in [0.25, 0.3) is 0 Å². The number of nitrogens with one attached hydrogen (secondary N) is 1. The quantitative estimate of drug-likeness (QED) is 0.675. The molecule has 2 aromatic heterocycles. The van der Waals surface area contributed by atoms with E-state index in [-0.39, 0.29) is 10.6 Å². The lowest BCUT2D eigenvalue weighted by molar-refractivity contribution is -0.137. The van der Waals surface area contributed by atoms with Gasteiger partial charge in [0.2, 0.25) is 10.0 Å². The van der Waals surface area contributed by atoms with Crippen LogP contribution in [0.25, 0.3) is 0 Å². The molecule has 4 rings (SSSR count). The Balaban J connectivity index is 1.87. The van der Waals surface area contributed by atoms with Crippen molar-refractivity contribution in [3.63, 3.8) is 0 Å². The maximum atomic E-state index is 13.4. The van der Waals surface area contributed by atoms with Crippen LogP contribution in [0.1, 0.15) is 40.1 Å². The summed E-state index contributed by atoms with van der Waals surface area (Å²) in [6, 6.07) is 0.994. The Morgan fingerprint density at radius 3 is 2.30 bits per heavy atom. The number of benzene rings is 1. The lowest BCUT2D eigenvalue weighted by Crippen LogP contribution is -2.49. The van der Waals surface area contributed by atoms with Crippen molar-refractivity contribution < 1.29 is 26.4 Å². The Kier molecular flexibility index (Phi) is 4.70. The van der Waals surface area contributed by atoms with Gasteiger partial charge in [-0.1, -0.05) is 0 Å². The van der Waals surface area contributed by atoms with E-state index in [2.05, 4.69) is 20.2 Å². The molecular weight excluding hydrogens is 423 g/mol. The molecule has 2 unspecified atom stereocenters. The summed E-state index contributed by atoms with van der Waals surface area (Å²) in [6.07, 6.45) is 0.822. The van der Waals surface area contributed by atoms with E-state index < -0.39 is 39.6 Å². The van der Waals surface area contributed by atoms with Gasteiger partial charge in [-0.25, -0.2) is 18.4 Å². The molecule has 0 radical (unpaired) electrons. The van der Waals surface area contributed by atoms with Crippen LogP contribution in [0.15, 0.2) is 54.1 Å². The van der Waals surface area contributed by atoms with E-state index in [0.717, 1.165) is 16.4 Å². The molecule has 0 saturated heterocycles. The Labute approximate surface area is 168 Å². The number of hydrogen-bond donors (Lipinski definition) is 1. The average molecular weight is 437 g/mol. The fourth-order valence-corrected chi connectivity index (χ4v) is 5.20. The van der Waals surface area contributed by atoms with Gasteiger partial charge in [0, 0.05) is 23.5 Å². The van der Waals surface area contributed by atoms with Crippen molar-refractivity contribution in [1.29, 1.82) is 0 Å². The van der Waals surface area contributed by atoms with Gasteiger partial charge in [-0.3, -0.25) is 9.89 Å². The predicted octanol–water partition coefficient (Wildman–Crippen LogP) is 2.58. The highest BCUT2D eigenvalue weighted by Gasteiger charge is 2.47. The summed E-state index contributed by atoms with van der Waals surface area (Å²) in [7, 11) is -4.38. The summed E-state index contributed by atoms with van der Waals surface area (Å²) >= 11 is 0. The van der Waals surface area contributed by atoms with Crippen molar-refractivity contribution in [3.8, 4) is 0 Å². The third kappa shape index (κ3) is 3.17. The summed E-state index contributed by atoms with van der Waals surface area (Å²) in [4.78, 5) is 20.2. The van der Waals surface area contributed by atoms with Gasteiger partial charge < -0.3 is 0 Å². The topological polar surface area (TPSA) is 109 Å². The number of alkyl halides is 3. The molecule has 3 heterocycles. The molecule has 0 bridgehead atoms. The molecule has 0 aliphatic carbocycles. The number of H-pyrrole nitrogens is 1. The second kappa shape index (κ2) is 6.99. The number of Topliss-reactive ketones (excluding diaryl/α,β-unsaturated/α-hetero) is 1. The van der Waals surface area contributed by atoms with Crippen molar-refractivity contribution in [1.82, 2.24) is 24.5 Å². The number of hydrogen-bond acceptors (Lipinski definition) is 6. The van der Waals surface area contributed by atoms with Crippen LogP contribution >= 0.6 is 0 Å². The number of nitrogens with zero attached hydrogens (tertiary/aromatic N) is 4. The van der Waals surface area contributed by atoms with E-state index in [1.807, 2.05) is 0 Å². The van der Waals surface area contributed by atoms with E-state index >= 15 is 0 Å². The van der Waals surface area contributed by atoms with Crippen LogP contribution < -0.4 is 0 Å². The fourth-order valence-electron chi connectivity index (χ4n) is 3.45. The number of fused-ring (bicyclic) bond motifs is 1. The normalized spacial score (nSPS) is 20.2. The number of aromatic amines is 1. The minimum absolute atomic E-state index is 0.162. The summed E-state index contributed by atoms with van der Waals surface area (Å²) in [5.41, 5.74) is -0.122. The zero-order valence-corrected chi connectivity index (χ0v) is 16.1. The van der Waals surface area contributed by atoms with Gasteiger partial charge in [0.05, 0.1) is 28.7 Å². The van der Waals surface area contributed by atoms with Crippen LogP contribution in [-0.2, 0) is 16.2 Å². The summed E-state index contributed by atoms with van der Waals surface area (Å²) < 4.78 is 66.4. The number of halogens is 3. The highest BCUT2D eigenvalue weighted by Crippen LogP contribution is 2.40. The van der Waals surface area contributed by atoms with Crippen LogP contribution in [-0.4, -0.2) is 44.7 Å². The van der Waals surface area contributed by atoms with Gasteiger partial charge >= 0.3 is 6.18 Å². The Morgan fingerprint density at radius 2 is 1.70 bits per heavy atom. The van der Waals surface area contributed by atoms with Crippen molar-refractivity contribution in [3.05, 3.63) is 71.6 Å². The largest absolute Gasteiger partial charge is 0.416 e. The monoisotopic (exact) mass is 437 g/mol. The minimum atomic E-state index is -4.60. The van der Waals surface area contributed by atoms with Crippen molar-refractivity contribution >= 4 is 15.8 Å². The molecule has 0 amide bonds. The lowest BCUT2D eigenvalue weighted by Gasteiger charge is -2.38. The molecule has 0 saturated carbocycles. The first kappa shape index (κ1) is 20.2. The number of sulfonamides is 1. The van der Waals surface area contributed by atoms with Gasteiger partial charge in [-0.05, 0) is 31.2 Å². The van der Waals surface area contributed by atoms with Crippen molar-refractivity contribution in [2.75, 3.05) is 0 Å². The molecule has 12 heteroatoms. The van der Waals surface area contributed by atoms with Crippen molar-refractivity contribution in [2.45, 2.75) is 30.1 Å². The number of carbonyl (C=O) groups excluding carboxylic acids is 1. The maximum absolute atomic E-state index is 13.4. The van der Waals surface area contributed by atoms with Gasteiger partial charge in [-0.2, -0.15) is 22.6 Å². The number of carbonyl (C=O) groups is 1. The van der Waals surface area contributed by atoms with E-state index in [4.69, 9.17) is 0 Å². The number of ketones is 1. The Morgan fingerprint density at radius 1 is 1.07 bits per heavy atom. The number of aromatic nitrogens is 4. The predicted molar refractivity (Wildman–Crippen MR) is 96.7 cm³/mol. The van der Waals surface area contributed by atoms with Crippen LogP contribution in [0, 0.1) is 0 Å². The molecule has 0 fully saturated rings. The third-order valence-corrected chi connectivity index (χ3v) is 6.83. The standard InChI is InChI=1S/C18H14F3N5O3S/c1-10-17(27)15-14(8-24-25-15)16(11-6-22-9-23-7-11)26(10)30(28,29)13-4-2-12(3-5-13)18(19,20)21/h2-10,16H,1H3,(H,24,25).